The second-order valence-corrected chi connectivity index (χ2v) is 4.23. The van der Waals surface area contributed by atoms with E-state index in [4.69, 9.17) is 4.65 Å². The predicted molar refractivity (Wildman–Crippen MR) is 69.7 cm³/mol. The summed E-state index contributed by atoms with van der Waals surface area (Å²) >= 11 is 0. The highest BCUT2D eigenvalue weighted by Gasteiger charge is 2.30. The van der Waals surface area contributed by atoms with E-state index in [0.717, 1.165) is 0 Å². The van der Waals surface area contributed by atoms with Crippen molar-refractivity contribution < 1.29 is 4.65 Å². The van der Waals surface area contributed by atoms with Gasteiger partial charge in [0.2, 0.25) is 0 Å². The summed E-state index contributed by atoms with van der Waals surface area (Å²) in [6.07, 6.45) is 0.110. The van der Waals surface area contributed by atoms with Crippen LogP contribution in [0.5, 0.6) is 0 Å². The first-order chi connectivity index (χ1) is 8.45. The van der Waals surface area contributed by atoms with Gasteiger partial charge in [-0.15, -0.1) is 0 Å². The number of nitrogens with one attached hydrogen (secondary N) is 1. The van der Waals surface area contributed by atoms with Crippen molar-refractivity contribution in [3.8, 4) is 0 Å². The molecular formula is C14H14BNO. The molecule has 84 valence electrons. The number of hydrogen-bond acceptors (Lipinski definition) is 2. The van der Waals surface area contributed by atoms with Crippen molar-refractivity contribution in [1.29, 1.82) is 0 Å². The Labute approximate surface area is 102 Å². The minimum atomic E-state index is 0.110. The summed E-state index contributed by atoms with van der Waals surface area (Å²) in [4.78, 5) is 0. The smallest absolute Gasteiger partial charge is 0.361 e. The summed E-state index contributed by atoms with van der Waals surface area (Å²) < 4.78 is 5.79. The Morgan fingerprint density at radius 3 is 2.06 bits per heavy atom. The van der Waals surface area contributed by atoms with Gasteiger partial charge in [-0.1, -0.05) is 60.7 Å². The van der Waals surface area contributed by atoms with Gasteiger partial charge in [0, 0.05) is 0 Å². The summed E-state index contributed by atoms with van der Waals surface area (Å²) in [5.41, 5.74) is 2.50. The maximum atomic E-state index is 5.79. The summed E-state index contributed by atoms with van der Waals surface area (Å²) in [5.74, 6) is 0. The van der Waals surface area contributed by atoms with E-state index in [2.05, 4.69) is 53.8 Å². The SMILES string of the molecule is B1NC(c2ccccc2)C(c2ccccc2)O1. The molecule has 2 unspecified atom stereocenters. The molecule has 3 heteroatoms. The third kappa shape index (κ3) is 2.12. The van der Waals surface area contributed by atoms with Crippen molar-refractivity contribution in [3.05, 3.63) is 71.8 Å². The van der Waals surface area contributed by atoms with E-state index in [-0.39, 0.29) is 12.1 Å². The van der Waals surface area contributed by atoms with Crippen LogP contribution in [-0.2, 0) is 4.65 Å². The Balaban J connectivity index is 1.91. The third-order valence-electron chi connectivity index (χ3n) is 3.16. The first-order valence-electron chi connectivity index (χ1n) is 5.90. The Hall–Kier alpha value is -1.58. The molecule has 0 bridgehead atoms. The lowest BCUT2D eigenvalue weighted by molar-refractivity contribution is 0.222. The van der Waals surface area contributed by atoms with E-state index in [9.17, 15) is 0 Å². The van der Waals surface area contributed by atoms with Crippen LogP contribution in [0.25, 0.3) is 0 Å². The molecule has 0 aromatic heterocycles. The van der Waals surface area contributed by atoms with Crippen LogP contribution >= 0.6 is 0 Å². The zero-order valence-electron chi connectivity index (χ0n) is 9.54. The van der Waals surface area contributed by atoms with E-state index in [1.54, 1.807) is 0 Å². The molecule has 1 fully saturated rings. The summed E-state index contributed by atoms with van der Waals surface area (Å²) in [6, 6.07) is 21.1. The van der Waals surface area contributed by atoms with Crippen LogP contribution in [0.4, 0.5) is 0 Å². The van der Waals surface area contributed by atoms with Crippen LogP contribution in [0.3, 0.4) is 0 Å². The molecule has 0 saturated carbocycles. The molecule has 0 aliphatic carbocycles. The topological polar surface area (TPSA) is 21.3 Å². The van der Waals surface area contributed by atoms with Crippen molar-refractivity contribution in [1.82, 2.24) is 5.23 Å². The summed E-state index contributed by atoms with van der Waals surface area (Å²) in [5, 5.41) is 3.40. The molecule has 17 heavy (non-hydrogen) atoms. The number of benzene rings is 2. The van der Waals surface area contributed by atoms with Gasteiger partial charge in [0.05, 0.1) is 12.1 Å². The zero-order chi connectivity index (χ0) is 11.5. The minimum absolute atomic E-state index is 0.110. The van der Waals surface area contributed by atoms with Crippen molar-refractivity contribution in [3.63, 3.8) is 0 Å². The molecule has 2 atom stereocenters. The Morgan fingerprint density at radius 1 is 0.824 bits per heavy atom. The average molecular weight is 223 g/mol. The van der Waals surface area contributed by atoms with Gasteiger partial charge in [-0.2, -0.15) is 0 Å². The molecule has 1 heterocycles. The molecular weight excluding hydrogens is 209 g/mol. The van der Waals surface area contributed by atoms with Gasteiger partial charge in [-0.3, -0.25) is 0 Å². The molecule has 2 aromatic rings. The standard InChI is InChI=1S/C14H14BNO/c1-3-7-11(8-4-1)13-14(17-15-16-13)12-9-5-2-6-10-12/h1-10,13-16H. The molecule has 2 aromatic carbocycles. The highest BCUT2D eigenvalue weighted by molar-refractivity contribution is 6.24. The van der Waals surface area contributed by atoms with Crippen LogP contribution in [0, 0.1) is 0 Å². The lowest BCUT2D eigenvalue weighted by Gasteiger charge is -2.20. The fraction of sp³-hybridized carbons (Fsp3) is 0.143. The van der Waals surface area contributed by atoms with Gasteiger partial charge in [0.1, 0.15) is 0 Å². The molecule has 0 spiro atoms. The monoisotopic (exact) mass is 223 g/mol. The molecule has 1 saturated heterocycles. The molecule has 0 radical (unpaired) electrons. The maximum Gasteiger partial charge on any atom is 0.361 e. The largest absolute Gasteiger partial charge is 0.415 e. The van der Waals surface area contributed by atoms with Gasteiger partial charge in [-0.25, -0.2) is 0 Å². The van der Waals surface area contributed by atoms with Gasteiger partial charge in [0.25, 0.3) is 0 Å². The number of rotatable bonds is 2. The van der Waals surface area contributed by atoms with Gasteiger partial charge in [0.15, 0.2) is 0 Å². The molecule has 1 aliphatic heterocycles. The Morgan fingerprint density at radius 2 is 1.41 bits per heavy atom. The van der Waals surface area contributed by atoms with Crippen molar-refractivity contribution in [2.45, 2.75) is 12.1 Å². The second kappa shape index (κ2) is 4.74. The van der Waals surface area contributed by atoms with Crippen LogP contribution in [0.1, 0.15) is 23.3 Å². The second-order valence-electron chi connectivity index (χ2n) is 4.23. The molecule has 1 N–H and O–H groups in total. The zero-order valence-corrected chi connectivity index (χ0v) is 9.54. The first-order valence-corrected chi connectivity index (χ1v) is 5.90. The third-order valence-corrected chi connectivity index (χ3v) is 3.16. The fourth-order valence-electron chi connectivity index (χ4n) is 2.32. The fourth-order valence-corrected chi connectivity index (χ4v) is 2.32. The molecule has 2 nitrogen and oxygen atoms in total. The van der Waals surface area contributed by atoms with Crippen molar-refractivity contribution in [2.24, 2.45) is 0 Å². The number of hydrogen-bond donors (Lipinski definition) is 1. The average Bonchev–Trinajstić information content (AvgIpc) is 2.90. The lowest BCUT2D eigenvalue weighted by Crippen LogP contribution is -2.18. The van der Waals surface area contributed by atoms with Gasteiger partial charge < -0.3 is 9.88 Å². The highest BCUT2D eigenvalue weighted by Crippen LogP contribution is 2.34. The predicted octanol–water partition coefficient (Wildman–Crippen LogP) is 2.36. The van der Waals surface area contributed by atoms with E-state index < -0.39 is 0 Å². The van der Waals surface area contributed by atoms with Crippen molar-refractivity contribution >= 4 is 7.62 Å². The Kier molecular flexibility index (Phi) is 2.95. The van der Waals surface area contributed by atoms with Crippen molar-refractivity contribution in [2.75, 3.05) is 0 Å². The van der Waals surface area contributed by atoms with Crippen LogP contribution in [0.2, 0.25) is 0 Å². The van der Waals surface area contributed by atoms with E-state index in [1.165, 1.54) is 11.1 Å². The van der Waals surface area contributed by atoms with Crippen LogP contribution in [0.15, 0.2) is 60.7 Å². The Bertz CT molecular complexity index is 429. The normalized spacial score (nSPS) is 23.3. The van der Waals surface area contributed by atoms with Gasteiger partial charge >= 0.3 is 7.62 Å². The molecule has 1 aliphatic rings. The minimum Gasteiger partial charge on any atom is -0.415 e. The molecule has 0 amide bonds. The summed E-state index contributed by atoms with van der Waals surface area (Å²) in [7, 11) is 0.610. The lowest BCUT2D eigenvalue weighted by atomic mass is 9.96. The quantitative estimate of drug-likeness (QED) is 0.789. The van der Waals surface area contributed by atoms with Crippen LogP contribution < -0.4 is 5.23 Å². The maximum absolute atomic E-state index is 5.79. The molecule has 3 rings (SSSR count). The first kappa shape index (κ1) is 10.6. The summed E-state index contributed by atoms with van der Waals surface area (Å²) in [6.45, 7) is 0. The van der Waals surface area contributed by atoms with E-state index >= 15 is 0 Å². The van der Waals surface area contributed by atoms with Crippen LogP contribution in [-0.4, -0.2) is 7.62 Å². The highest BCUT2D eigenvalue weighted by atomic mass is 16.5. The van der Waals surface area contributed by atoms with Gasteiger partial charge in [-0.05, 0) is 11.1 Å². The van der Waals surface area contributed by atoms with E-state index in [1.807, 2.05) is 12.1 Å². The van der Waals surface area contributed by atoms with E-state index in [0.29, 0.717) is 7.62 Å².